The summed E-state index contributed by atoms with van der Waals surface area (Å²) in [6.07, 6.45) is 2.94. The van der Waals surface area contributed by atoms with Crippen molar-refractivity contribution in [1.29, 1.82) is 0 Å². The van der Waals surface area contributed by atoms with E-state index in [0.29, 0.717) is 22.2 Å². The van der Waals surface area contributed by atoms with E-state index < -0.39 is 0 Å². The molecule has 1 rings (SSSR count). The van der Waals surface area contributed by atoms with Crippen LogP contribution in [0.25, 0.3) is 0 Å². The number of hydrogen-bond donors (Lipinski definition) is 2. The van der Waals surface area contributed by atoms with Crippen LogP contribution in [0.2, 0.25) is 10.0 Å². The summed E-state index contributed by atoms with van der Waals surface area (Å²) >= 11 is 11.5. The lowest BCUT2D eigenvalue weighted by Gasteiger charge is -2.04. The maximum atomic E-state index is 11.0. The third-order valence-electron chi connectivity index (χ3n) is 2.38. The Kier molecular flexibility index (Phi) is 11.5. The first-order valence-corrected chi connectivity index (χ1v) is 7.76. The molecule has 1 amide bonds. The number of nitrogens with one attached hydrogen (secondary N) is 2. The third kappa shape index (κ3) is 9.18. The summed E-state index contributed by atoms with van der Waals surface area (Å²) in [7, 11) is 0. The molecule has 0 radical (unpaired) electrons. The van der Waals surface area contributed by atoms with E-state index >= 15 is 0 Å². The Hall–Kier alpha value is -0.770. The van der Waals surface area contributed by atoms with E-state index in [9.17, 15) is 4.79 Å². The van der Waals surface area contributed by atoms with Crippen molar-refractivity contribution in [3.8, 4) is 0 Å². The molecule has 0 saturated heterocycles. The average molecular weight is 319 g/mol. The minimum atomic E-state index is -0.0432. The van der Waals surface area contributed by atoms with Crippen molar-refractivity contribution in [3.63, 3.8) is 0 Å². The number of anilines is 1. The van der Waals surface area contributed by atoms with Gasteiger partial charge in [0.25, 0.3) is 0 Å². The van der Waals surface area contributed by atoms with E-state index in [1.807, 2.05) is 0 Å². The Morgan fingerprint density at radius 2 is 1.65 bits per heavy atom. The van der Waals surface area contributed by atoms with Crippen LogP contribution in [0.1, 0.15) is 40.0 Å². The highest BCUT2D eigenvalue weighted by Crippen LogP contribution is 2.24. The number of halogens is 2. The molecule has 0 aliphatic heterocycles. The van der Waals surface area contributed by atoms with Gasteiger partial charge in [-0.3, -0.25) is 4.79 Å². The predicted octanol–water partition coefficient (Wildman–Crippen LogP) is 4.74. The molecule has 0 atom stereocenters. The van der Waals surface area contributed by atoms with E-state index in [-0.39, 0.29) is 5.91 Å². The van der Waals surface area contributed by atoms with Gasteiger partial charge >= 0.3 is 0 Å². The molecule has 0 saturated carbocycles. The van der Waals surface area contributed by atoms with Crippen LogP contribution < -0.4 is 10.6 Å². The van der Waals surface area contributed by atoms with Gasteiger partial charge in [0.05, 0.1) is 10.0 Å². The van der Waals surface area contributed by atoms with Crippen LogP contribution in [-0.4, -0.2) is 19.0 Å². The quantitative estimate of drug-likeness (QED) is 0.744. The van der Waals surface area contributed by atoms with E-state index in [2.05, 4.69) is 24.5 Å². The van der Waals surface area contributed by atoms with Gasteiger partial charge in [0.2, 0.25) is 5.91 Å². The zero-order valence-electron chi connectivity index (χ0n) is 12.4. The van der Waals surface area contributed by atoms with Gasteiger partial charge < -0.3 is 10.6 Å². The van der Waals surface area contributed by atoms with Crippen molar-refractivity contribution in [2.45, 2.75) is 40.0 Å². The highest BCUT2D eigenvalue weighted by molar-refractivity contribution is 6.42. The summed E-state index contributed by atoms with van der Waals surface area (Å²) in [5.74, 6) is -0.0432. The van der Waals surface area contributed by atoms with Crippen molar-refractivity contribution >= 4 is 34.8 Å². The largest absolute Gasteiger partial charge is 0.326 e. The lowest BCUT2D eigenvalue weighted by molar-refractivity contribution is -0.115. The number of rotatable bonds is 6. The van der Waals surface area contributed by atoms with Gasteiger partial charge in [0, 0.05) is 12.1 Å². The fourth-order valence-electron chi connectivity index (χ4n) is 1.30. The van der Waals surface area contributed by atoms with Crippen molar-refractivity contribution in [3.05, 3.63) is 28.2 Å². The third-order valence-corrected chi connectivity index (χ3v) is 3.12. The van der Waals surface area contributed by atoms with E-state index in [1.54, 1.807) is 25.1 Å². The van der Waals surface area contributed by atoms with Gasteiger partial charge in [-0.15, -0.1) is 0 Å². The minimum absolute atomic E-state index is 0.0432. The molecule has 3 nitrogen and oxygen atoms in total. The summed E-state index contributed by atoms with van der Waals surface area (Å²) in [6, 6.07) is 4.98. The summed E-state index contributed by atoms with van der Waals surface area (Å²) in [5.41, 5.74) is 0.668. The lowest BCUT2D eigenvalue weighted by atomic mass is 10.3. The summed E-state index contributed by atoms with van der Waals surface area (Å²) in [4.78, 5) is 11.0. The summed E-state index contributed by atoms with van der Waals surface area (Å²) in [5, 5.41) is 6.89. The molecule has 0 aliphatic rings. The second kappa shape index (κ2) is 12.0. The maximum absolute atomic E-state index is 11.0. The van der Waals surface area contributed by atoms with Gasteiger partial charge in [-0.2, -0.15) is 0 Å². The number of carbonyl (C=O) groups excluding carboxylic acids is 1. The molecule has 0 aliphatic carbocycles. The normalized spacial score (nSPS) is 9.65. The van der Waals surface area contributed by atoms with E-state index in [4.69, 9.17) is 23.2 Å². The van der Waals surface area contributed by atoms with E-state index in [1.165, 1.54) is 25.9 Å². The van der Waals surface area contributed by atoms with Crippen molar-refractivity contribution < 1.29 is 4.79 Å². The van der Waals surface area contributed by atoms with E-state index in [0.717, 1.165) is 0 Å². The van der Waals surface area contributed by atoms with Crippen molar-refractivity contribution in [2.75, 3.05) is 18.4 Å². The first kappa shape index (κ1) is 19.2. The standard InChI is InChI=1S/C9H9Cl2NO.C6H15N/c1-2-9(13)12-6-3-4-7(10)8(11)5-6;1-3-5-7-6-4-2/h3-5H,2H2,1H3,(H,12,13);7H,3-6H2,1-2H3. The zero-order valence-corrected chi connectivity index (χ0v) is 13.9. The molecule has 1 aromatic rings. The monoisotopic (exact) mass is 318 g/mol. The van der Waals surface area contributed by atoms with Gasteiger partial charge in [-0.25, -0.2) is 0 Å². The lowest BCUT2D eigenvalue weighted by Crippen LogP contribution is -2.14. The second-order valence-electron chi connectivity index (χ2n) is 4.28. The Bertz CT molecular complexity index is 393. The highest BCUT2D eigenvalue weighted by atomic mass is 35.5. The molecular weight excluding hydrogens is 295 g/mol. The molecular formula is C15H24Cl2N2O. The number of benzene rings is 1. The zero-order chi connectivity index (χ0) is 15.4. The molecule has 0 fully saturated rings. The molecule has 0 heterocycles. The van der Waals surface area contributed by atoms with Crippen LogP contribution in [0.3, 0.4) is 0 Å². The Labute approximate surface area is 132 Å². The number of amides is 1. The number of hydrogen-bond acceptors (Lipinski definition) is 2. The van der Waals surface area contributed by atoms with Crippen LogP contribution in [0.15, 0.2) is 18.2 Å². The smallest absolute Gasteiger partial charge is 0.224 e. The molecule has 5 heteroatoms. The summed E-state index contributed by atoms with van der Waals surface area (Å²) in [6.45, 7) is 8.50. The maximum Gasteiger partial charge on any atom is 0.224 e. The van der Waals surface area contributed by atoms with Gasteiger partial charge in [0.1, 0.15) is 0 Å². The Balaban J connectivity index is 0.000000441. The van der Waals surface area contributed by atoms with Crippen molar-refractivity contribution in [1.82, 2.24) is 5.32 Å². The molecule has 1 aromatic carbocycles. The predicted molar refractivity (Wildman–Crippen MR) is 88.8 cm³/mol. The molecule has 0 bridgehead atoms. The topological polar surface area (TPSA) is 41.1 Å². The van der Waals surface area contributed by atoms with Gasteiger partial charge in [0.15, 0.2) is 0 Å². The Morgan fingerprint density at radius 1 is 1.05 bits per heavy atom. The average Bonchev–Trinajstić information content (AvgIpc) is 2.44. The molecule has 0 aromatic heterocycles. The minimum Gasteiger partial charge on any atom is -0.326 e. The van der Waals surface area contributed by atoms with Crippen LogP contribution >= 0.6 is 23.2 Å². The van der Waals surface area contributed by atoms with Gasteiger partial charge in [-0.05, 0) is 44.1 Å². The molecule has 20 heavy (non-hydrogen) atoms. The fourth-order valence-corrected chi connectivity index (χ4v) is 1.60. The van der Waals surface area contributed by atoms with Crippen LogP contribution in [0.5, 0.6) is 0 Å². The van der Waals surface area contributed by atoms with Gasteiger partial charge in [-0.1, -0.05) is 44.0 Å². The second-order valence-corrected chi connectivity index (χ2v) is 5.10. The van der Waals surface area contributed by atoms with Crippen LogP contribution in [0, 0.1) is 0 Å². The summed E-state index contributed by atoms with van der Waals surface area (Å²) < 4.78 is 0. The first-order chi connectivity index (χ1) is 9.54. The highest BCUT2D eigenvalue weighted by Gasteiger charge is 2.01. The molecule has 0 spiro atoms. The SMILES string of the molecule is CCC(=O)Nc1ccc(Cl)c(Cl)c1.CCCNCCC. The fraction of sp³-hybridized carbons (Fsp3) is 0.533. The van der Waals surface area contributed by atoms with Crippen LogP contribution in [0.4, 0.5) is 5.69 Å². The Morgan fingerprint density at radius 3 is 2.10 bits per heavy atom. The molecule has 114 valence electrons. The molecule has 2 N–H and O–H groups in total. The van der Waals surface area contributed by atoms with Crippen LogP contribution in [-0.2, 0) is 4.79 Å². The molecule has 0 unspecified atom stereocenters. The first-order valence-electron chi connectivity index (χ1n) is 7.00. The van der Waals surface area contributed by atoms with Crippen molar-refractivity contribution in [2.24, 2.45) is 0 Å². The number of carbonyl (C=O) groups is 1.